The van der Waals surface area contributed by atoms with Crippen LogP contribution in [-0.4, -0.2) is 36.7 Å². The minimum absolute atomic E-state index is 0.0359. The molecule has 0 bridgehead atoms. The second-order valence-electron chi connectivity index (χ2n) is 8.31. The fraction of sp³-hybridized carbons (Fsp3) is 0.333. The van der Waals surface area contributed by atoms with E-state index in [0.717, 1.165) is 11.3 Å². The van der Waals surface area contributed by atoms with Gasteiger partial charge in [0.2, 0.25) is 5.91 Å². The minimum Gasteiger partial charge on any atom is -0.308 e. The number of amides is 1. The number of rotatable bonds is 6. The highest BCUT2D eigenvalue weighted by molar-refractivity contribution is 7.93. The van der Waals surface area contributed by atoms with Crippen molar-refractivity contribution in [3.8, 4) is 0 Å². The standard InChI is InChI=1S/C24H28N4O3S/c1-17(2)28(21-11-6-5-7-12-21)23(29)16-26-19(4)24(18(3)25-26)32(30,31)27-15-14-20-10-8-9-13-22(20)27/h5-13,17H,14-16H2,1-4H3. The average Bonchev–Trinajstić information content (AvgIpc) is 3.30. The fourth-order valence-electron chi connectivity index (χ4n) is 4.40. The van der Waals surface area contributed by atoms with Crippen LogP contribution in [0.3, 0.4) is 0 Å². The number of carbonyl (C=O) groups excluding carboxylic acids is 1. The van der Waals surface area contributed by atoms with Crippen molar-refractivity contribution < 1.29 is 13.2 Å². The molecule has 2 aromatic carbocycles. The molecule has 7 nitrogen and oxygen atoms in total. The summed E-state index contributed by atoms with van der Waals surface area (Å²) in [6.45, 7) is 7.66. The number of aromatic nitrogens is 2. The van der Waals surface area contributed by atoms with Crippen molar-refractivity contribution in [3.05, 3.63) is 71.5 Å². The van der Waals surface area contributed by atoms with Crippen molar-refractivity contribution in [2.75, 3.05) is 15.7 Å². The van der Waals surface area contributed by atoms with Gasteiger partial charge in [-0.05, 0) is 57.9 Å². The summed E-state index contributed by atoms with van der Waals surface area (Å²) in [5.74, 6) is -0.146. The molecule has 0 spiro atoms. The minimum atomic E-state index is -3.79. The van der Waals surface area contributed by atoms with Gasteiger partial charge in [-0.2, -0.15) is 5.10 Å². The normalized spacial score (nSPS) is 13.5. The van der Waals surface area contributed by atoms with Gasteiger partial charge in [0, 0.05) is 18.3 Å². The van der Waals surface area contributed by atoms with E-state index in [0.29, 0.717) is 30.0 Å². The molecule has 3 aromatic rings. The maximum atomic E-state index is 13.6. The van der Waals surface area contributed by atoms with Gasteiger partial charge in [0.05, 0.1) is 17.1 Å². The smallest absolute Gasteiger partial charge is 0.268 e. The van der Waals surface area contributed by atoms with Gasteiger partial charge in [0.1, 0.15) is 11.4 Å². The molecule has 2 heterocycles. The number of hydrogen-bond acceptors (Lipinski definition) is 4. The molecule has 0 N–H and O–H groups in total. The Morgan fingerprint density at radius 1 is 1.06 bits per heavy atom. The Morgan fingerprint density at radius 2 is 1.72 bits per heavy atom. The van der Waals surface area contributed by atoms with Gasteiger partial charge >= 0.3 is 0 Å². The Morgan fingerprint density at radius 3 is 2.41 bits per heavy atom. The van der Waals surface area contributed by atoms with E-state index in [2.05, 4.69) is 5.10 Å². The maximum absolute atomic E-state index is 13.6. The molecule has 1 aliphatic rings. The van der Waals surface area contributed by atoms with E-state index in [4.69, 9.17) is 0 Å². The van der Waals surface area contributed by atoms with Crippen LogP contribution in [0.25, 0.3) is 0 Å². The summed E-state index contributed by atoms with van der Waals surface area (Å²) in [7, 11) is -3.79. The SMILES string of the molecule is Cc1nn(CC(=O)N(c2ccccc2)C(C)C)c(C)c1S(=O)(=O)N1CCc2ccccc21. The molecule has 168 valence electrons. The van der Waals surface area contributed by atoms with E-state index in [-0.39, 0.29) is 23.4 Å². The lowest BCUT2D eigenvalue weighted by Crippen LogP contribution is -2.39. The molecule has 0 unspecified atom stereocenters. The molecule has 1 aliphatic heterocycles. The zero-order valence-electron chi connectivity index (χ0n) is 18.8. The number of hydrogen-bond donors (Lipinski definition) is 0. The lowest BCUT2D eigenvalue weighted by atomic mass is 10.2. The largest absolute Gasteiger partial charge is 0.308 e. The van der Waals surface area contributed by atoms with E-state index in [9.17, 15) is 13.2 Å². The number of aryl methyl sites for hydroxylation is 1. The number of nitrogens with zero attached hydrogens (tertiary/aromatic N) is 4. The monoisotopic (exact) mass is 452 g/mol. The van der Waals surface area contributed by atoms with Gasteiger partial charge in [-0.3, -0.25) is 13.8 Å². The quantitative estimate of drug-likeness (QED) is 0.572. The van der Waals surface area contributed by atoms with E-state index < -0.39 is 10.0 Å². The van der Waals surface area contributed by atoms with Crippen LogP contribution in [0.15, 0.2) is 59.5 Å². The maximum Gasteiger partial charge on any atom is 0.268 e. The molecule has 0 aliphatic carbocycles. The first kappa shape index (κ1) is 22.1. The van der Waals surface area contributed by atoms with Crippen LogP contribution in [0.2, 0.25) is 0 Å². The predicted octanol–water partition coefficient (Wildman–Crippen LogP) is 3.69. The summed E-state index contributed by atoms with van der Waals surface area (Å²) >= 11 is 0. The summed E-state index contributed by atoms with van der Waals surface area (Å²) < 4.78 is 30.1. The summed E-state index contributed by atoms with van der Waals surface area (Å²) in [4.78, 5) is 15.1. The zero-order valence-corrected chi connectivity index (χ0v) is 19.6. The summed E-state index contributed by atoms with van der Waals surface area (Å²) in [6, 6.07) is 17.0. The van der Waals surface area contributed by atoms with Gasteiger partial charge in [-0.15, -0.1) is 0 Å². The molecule has 4 rings (SSSR count). The Labute approximate surface area is 189 Å². The molecular formula is C24H28N4O3S. The van der Waals surface area contributed by atoms with Gasteiger partial charge < -0.3 is 4.90 Å². The van der Waals surface area contributed by atoms with Crippen LogP contribution < -0.4 is 9.21 Å². The lowest BCUT2D eigenvalue weighted by Gasteiger charge is -2.27. The Kier molecular flexibility index (Phi) is 5.81. The lowest BCUT2D eigenvalue weighted by molar-refractivity contribution is -0.119. The highest BCUT2D eigenvalue weighted by Gasteiger charge is 2.35. The van der Waals surface area contributed by atoms with Crippen LogP contribution in [0.1, 0.15) is 30.8 Å². The summed E-state index contributed by atoms with van der Waals surface area (Å²) in [6.07, 6.45) is 0.681. The van der Waals surface area contributed by atoms with Crippen LogP contribution in [0.4, 0.5) is 11.4 Å². The van der Waals surface area contributed by atoms with Crippen molar-refractivity contribution in [2.45, 2.75) is 51.6 Å². The van der Waals surface area contributed by atoms with Gasteiger partial charge in [-0.1, -0.05) is 36.4 Å². The van der Waals surface area contributed by atoms with E-state index in [1.54, 1.807) is 18.7 Å². The Balaban J connectivity index is 1.66. The topological polar surface area (TPSA) is 75.5 Å². The highest BCUT2D eigenvalue weighted by atomic mass is 32.2. The van der Waals surface area contributed by atoms with Crippen molar-refractivity contribution in [2.24, 2.45) is 0 Å². The van der Waals surface area contributed by atoms with Crippen molar-refractivity contribution in [1.82, 2.24) is 9.78 Å². The number of benzene rings is 2. The van der Waals surface area contributed by atoms with E-state index in [1.807, 2.05) is 68.4 Å². The first-order valence-corrected chi connectivity index (χ1v) is 12.2. The molecule has 0 saturated heterocycles. The molecule has 32 heavy (non-hydrogen) atoms. The number of sulfonamides is 1. The first-order chi connectivity index (χ1) is 15.2. The van der Waals surface area contributed by atoms with Crippen molar-refractivity contribution >= 4 is 27.3 Å². The fourth-order valence-corrected chi connectivity index (χ4v) is 6.28. The second kappa shape index (κ2) is 8.43. The summed E-state index contributed by atoms with van der Waals surface area (Å²) in [5.41, 5.74) is 3.40. The molecular weight excluding hydrogens is 424 g/mol. The van der Waals surface area contributed by atoms with Crippen LogP contribution in [-0.2, 0) is 27.8 Å². The van der Waals surface area contributed by atoms with E-state index >= 15 is 0 Å². The highest BCUT2D eigenvalue weighted by Crippen LogP contribution is 2.34. The molecule has 1 amide bonds. The van der Waals surface area contributed by atoms with E-state index in [1.165, 1.54) is 8.99 Å². The molecule has 1 aromatic heterocycles. The number of carbonyl (C=O) groups is 1. The van der Waals surface area contributed by atoms with Gasteiger partial charge in [0.25, 0.3) is 10.0 Å². The third-order valence-corrected chi connectivity index (χ3v) is 7.88. The third kappa shape index (κ3) is 3.79. The van der Waals surface area contributed by atoms with Crippen LogP contribution in [0, 0.1) is 13.8 Å². The first-order valence-electron chi connectivity index (χ1n) is 10.7. The van der Waals surface area contributed by atoms with Gasteiger partial charge in [0.15, 0.2) is 0 Å². The number of para-hydroxylation sites is 2. The van der Waals surface area contributed by atoms with Crippen molar-refractivity contribution in [3.63, 3.8) is 0 Å². The zero-order chi connectivity index (χ0) is 23.0. The Bertz CT molecular complexity index is 1250. The molecule has 0 radical (unpaired) electrons. The Hall–Kier alpha value is -3.13. The molecule has 0 atom stereocenters. The van der Waals surface area contributed by atoms with Crippen LogP contribution in [0.5, 0.6) is 0 Å². The predicted molar refractivity (Wildman–Crippen MR) is 125 cm³/mol. The van der Waals surface area contributed by atoms with Crippen LogP contribution >= 0.6 is 0 Å². The molecule has 0 fully saturated rings. The number of fused-ring (bicyclic) bond motifs is 1. The second-order valence-corrected chi connectivity index (χ2v) is 10.1. The van der Waals surface area contributed by atoms with Gasteiger partial charge in [-0.25, -0.2) is 8.42 Å². The molecule has 0 saturated carbocycles. The summed E-state index contributed by atoms with van der Waals surface area (Å²) in [5, 5.41) is 4.44. The molecule has 8 heteroatoms. The number of anilines is 2. The average molecular weight is 453 g/mol. The third-order valence-electron chi connectivity index (χ3n) is 5.81. The van der Waals surface area contributed by atoms with Crippen molar-refractivity contribution in [1.29, 1.82) is 0 Å².